The summed E-state index contributed by atoms with van der Waals surface area (Å²) >= 11 is 0. The maximum absolute atomic E-state index is 12.8. The Bertz CT molecular complexity index is 726. The number of benzene rings is 1. The first-order chi connectivity index (χ1) is 11.6. The zero-order chi connectivity index (χ0) is 17.1. The molecule has 0 unspecified atom stereocenters. The number of methoxy groups -OCH3 is 2. The Hall–Kier alpha value is -2.50. The molecule has 1 saturated heterocycles. The van der Waals surface area contributed by atoms with Crippen LogP contribution < -0.4 is 9.47 Å². The fourth-order valence-electron chi connectivity index (χ4n) is 3.17. The summed E-state index contributed by atoms with van der Waals surface area (Å²) in [7, 11) is 3.18. The summed E-state index contributed by atoms with van der Waals surface area (Å²) in [6, 6.07) is 7.46. The fourth-order valence-corrected chi connectivity index (χ4v) is 3.17. The van der Waals surface area contributed by atoms with Crippen LogP contribution in [-0.4, -0.2) is 36.7 Å². The van der Waals surface area contributed by atoms with Gasteiger partial charge < -0.3 is 18.9 Å². The van der Waals surface area contributed by atoms with Crippen LogP contribution in [-0.2, 0) is 11.2 Å². The van der Waals surface area contributed by atoms with Crippen LogP contribution >= 0.6 is 0 Å². The van der Waals surface area contributed by atoms with Gasteiger partial charge in [0, 0.05) is 12.6 Å². The van der Waals surface area contributed by atoms with E-state index >= 15 is 0 Å². The number of hydrogen-bond acceptors (Lipinski definition) is 5. The van der Waals surface area contributed by atoms with Crippen molar-refractivity contribution in [2.75, 3.05) is 20.8 Å². The first-order valence-corrected chi connectivity index (χ1v) is 8.06. The standard InChI is InChI=1S/C18H22N2O4/c1-12-9-16(24-19-12)14-5-4-8-20(14)18(21)11-13-6-7-15(22-2)17(10-13)23-3/h6-7,9-10,14H,4-5,8,11H2,1-3H3/t14-/m1/s1. The molecule has 2 aromatic rings. The average molecular weight is 330 g/mol. The van der Waals surface area contributed by atoms with E-state index < -0.39 is 0 Å². The highest BCUT2D eigenvalue weighted by molar-refractivity contribution is 5.79. The van der Waals surface area contributed by atoms with E-state index in [1.54, 1.807) is 14.2 Å². The van der Waals surface area contributed by atoms with Crippen molar-refractivity contribution in [3.8, 4) is 11.5 Å². The van der Waals surface area contributed by atoms with E-state index in [0.29, 0.717) is 17.9 Å². The predicted molar refractivity (Wildman–Crippen MR) is 88.2 cm³/mol. The highest BCUT2D eigenvalue weighted by Crippen LogP contribution is 2.33. The number of ether oxygens (including phenoxy) is 2. The number of likely N-dealkylation sites (tertiary alicyclic amines) is 1. The minimum Gasteiger partial charge on any atom is -0.493 e. The van der Waals surface area contributed by atoms with Crippen molar-refractivity contribution in [1.82, 2.24) is 10.1 Å². The highest BCUT2D eigenvalue weighted by Gasteiger charge is 2.32. The van der Waals surface area contributed by atoms with Gasteiger partial charge in [0.2, 0.25) is 5.91 Å². The molecule has 0 spiro atoms. The number of aromatic nitrogens is 1. The third kappa shape index (κ3) is 3.22. The van der Waals surface area contributed by atoms with Crippen LogP contribution in [0.5, 0.6) is 11.5 Å². The molecule has 1 aromatic carbocycles. The first-order valence-electron chi connectivity index (χ1n) is 8.06. The number of nitrogens with zero attached hydrogens (tertiary/aromatic N) is 2. The number of aryl methyl sites for hydroxylation is 1. The van der Waals surface area contributed by atoms with Gasteiger partial charge in [-0.1, -0.05) is 11.2 Å². The van der Waals surface area contributed by atoms with Gasteiger partial charge in [-0.05, 0) is 37.5 Å². The lowest BCUT2D eigenvalue weighted by molar-refractivity contribution is -0.131. The summed E-state index contributed by atoms with van der Waals surface area (Å²) < 4.78 is 15.9. The summed E-state index contributed by atoms with van der Waals surface area (Å²) in [6.45, 7) is 2.63. The van der Waals surface area contributed by atoms with Gasteiger partial charge in [-0.25, -0.2) is 0 Å². The monoisotopic (exact) mass is 330 g/mol. The molecule has 1 atom stereocenters. The normalized spacial score (nSPS) is 17.1. The van der Waals surface area contributed by atoms with Crippen LogP contribution in [0.3, 0.4) is 0 Å². The van der Waals surface area contributed by atoms with Crippen LogP contribution in [0.4, 0.5) is 0 Å². The smallest absolute Gasteiger partial charge is 0.227 e. The Morgan fingerprint density at radius 1 is 1.29 bits per heavy atom. The summed E-state index contributed by atoms with van der Waals surface area (Å²) in [4.78, 5) is 14.6. The molecule has 1 aromatic heterocycles. The van der Waals surface area contributed by atoms with Crippen molar-refractivity contribution in [2.45, 2.75) is 32.2 Å². The summed E-state index contributed by atoms with van der Waals surface area (Å²) in [5, 5.41) is 3.94. The molecule has 24 heavy (non-hydrogen) atoms. The van der Waals surface area contributed by atoms with Crippen LogP contribution in [0, 0.1) is 6.92 Å². The van der Waals surface area contributed by atoms with Crippen molar-refractivity contribution < 1.29 is 18.8 Å². The Balaban J connectivity index is 1.74. The molecule has 6 nitrogen and oxygen atoms in total. The molecular formula is C18H22N2O4. The quantitative estimate of drug-likeness (QED) is 0.843. The van der Waals surface area contributed by atoms with Gasteiger partial charge in [-0.15, -0.1) is 0 Å². The van der Waals surface area contributed by atoms with Crippen molar-refractivity contribution in [3.63, 3.8) is 0 Å². The Labute approximate surface area is 141 Å². The topological polar surface area (TPSA) is 64.8 Å². The molecule has 1 fully saturated rings. The molecule has 1 aliphatic heterocycles. The maximum atomic E-state index is 12.8. The van der Waals surface area contributed by atoms with Crippen LogP contribution in [0.25, 0.3) is 0 Å². The molecule has 2 heterocycles. The van der Waals surface area contributed by atoms with Crippen molar-refractivity contribution in [1.29, 1.82) is 0 Å². The molecule has 0 radical (unpaired) electrons. The van der Waals surface area contributed by atoms with Crippen molar-refractivity contribution in [2.24, 2.45) is 0 Å². The van der Waals surface area contributed by atoms with Gasteiger partial charge >= 0.3 is 0 Å². The Kier molecular flexibility index (Phi) is 4.74. The third-order valence-corrected chi connectivity index (χ3v) is 4.35. The largest absolute Gasteiger partial charge is 0.493 e. The average Bonchev–Trinajstić information content (AvgIpc) is 3.23. The van der Waals surface area contributed by atoms with Gasteiger partial charge in [0.05, 0.1) is 32.4 Å². The second-order valence-corrected chi connectivity index (χ2v) is 5.98. The molecule has 3 rings (SSSR count). The highest BCUT2D eigenvalue weighted by atomic mass is 16.5. The molecule has 0 bridgehead atoms. The van der Waals surface area contributed by atoms with E-state index in [2.05, 4.69) is 5.16 Å². The van der Waals surface area contributed by atoms with E-state index in [1.165, 1.54) is 0 Å². The lowest BCUT2D eigenvalue weighted by Gasteiger charge is -2.23. The van der Waals surface area contributed by atoms with E-state index in [-0.39, 0.29) is 11.9 Å². The summed E-state index contributed by atoms with van der Waals surface area (Å²) in [5.74, 6) is 2.14. The van der Waals surface area contributed by atoms with E-state index in [9.17, 15) is 4.79 Å². The SMILES string of the molecule is COc1ccc(CC(=O)N2CCC[C@@H]2c2cc(C)no2)cc1OC. The second-order valence-electron chi connectivity index (χ2n) is 5.98. The minimum atomic E-state index is -0.0150. The Morgan fingerprint density at radius 2 is 2.08 bits per heavy atom. The van der Waals surface area contributed by atoms with Gasteiger partial charge in [0.1, 0.15) is 0 Å². The van der Waals surface area contributed by atoms with E-state index in [4.69, 9.17) is 14.0 Å². The zero-order valence-electron chi connectivity index (χ0n) is 14.2. The lowest BCUT2D eigenvalue weighted by atomic mass is 10.1. The van der Waals surface area contributed by atoms with Gasteiger partial charge in [0.15, 0.2) is 17.3 Å². The van der Waals surface area contributed by atoms with Crippen LogP contribution in [0.1, 0.15) is 35.9 Å². The molecule has 1 aliphatic rings. The van der Waals surface area contributed by atoms with Gasteiger partial charge in [-0.3, -0.25) is 4.79 Å². The number of carbonyl (C=O) groups is 1. The summed E-state index contributed by atoms with van der Waals surface area (Å²) in [6.07, 6.45) is 2.21. The van der Waals surface area contributed by atoms with Crippen molar-refractivity contribution >= 4 is 5.91 Å². The lowest BCUT2D eigenvalue weighted by Crippen LogP contribution is -2.31. The van der Waals surface area contributed by atoms with Gasteiger partial charge in [-0.2, -0.15) is 0 Å². The number of amides is 1. The first kappa shape index (κ1) is 16.4. The minimum absolute atomic E-state index is 0.0150. The fraction of sp³-hybridized carbons (Fsp3) is 0.444. The van der Waals surface area contributed by atoms with E-state index in [0.717, 1.165) is 36.4 Å². The number of carbonyl (C=O) groups excluding carboxylic acids is 1. The second kappa shape index (κ2) is 6.95. The van der Waals surface area contributed by atoms with Crippen LogP contribution in [0.15, 0.2) is 28.8 Å². The number of hydrogen-bond donors (Lipinski definition) is 0. The molecule has 0 N–H and O–H groups in total. The van der Waals surface area contributed by atoms with Gasteiger partial charge in [0.25, 0.3) is 0 Å². The molecular weight excluding hydrogens is 308 g/mol. The third-order valence-electron chi connectivity index (χ3n) is 4.35. The van der Waals surface area contributed by atoms with E-state index in [1.807, 2.05) is 36.1 Å². The molecule has 128 valence electrons. The van der Waals surface area contributed by atoms with Crippen LogP contribution in [0.2, 0.25) is 0 Å². The molecule has 0 saturated carbocycles. The summed E-state index contributed by atoms with van der Waals surface area (Å²) in [5.41, 5.74) is 1.74. The molecule has 6 heteroatoms. The molecule has 0 aliphatic carbocycles. The zero-order valence-corrected chi connectivity index (χ0v) is 14.2. The number of rotatable bonds is 5. The Morgan fingerprint density at radius 3 is 2.75 bits per heavy atom. The molecule has 1 amide bonds. The predicted octanol–water partition coefficient (Wildman–Crippen LogP) is 2.91. The maximum Gasteiger partial charge on any atom is 0.227 e. The van der Waals surface area contributed by atoms with Crippen molar-refractivity contribution in [3.05, 3.63) is 41.3 Å².